The van der Waals surface area contributed by atoms with Gasteiger partial charge in [-0.15, -0.1) is 0 Å². The molecule has 5 heteroatoms. The van der Waals surface area contributed by atoms with Crippen LogP contribution in [0.25, 0.3) is 0 Å². The molecule has 3 N–H and O–H groups in total. The summed E-state index contributed by atoms with van der Waals surface area (Å²) in [6.45, 7) is 4.04. The summed E-state index contributed by atoms with van der Waals surface area (Å²) in [5.41, 5.74) is 5.67. The molecule has 1 aromatic carbocycles. The molecule has 0 atom stereocenters. The Balaban J connectivity index is 2.64. The fourth-order valence-corrected chi connectivity index (χ4v) is 1.63. The van der Waals surface area contributed by atoms with Gasteiger partial charge in [0.25, 0.3) is 0 Å². The fourth-order valence-electron chi connectivity index (χ4n) is 1.63. The highest BCUT2D eigenvalue weighted by molar-refractivity contribution is 5.93. The van der Waals surface area contributed by atoms with Crippen LogP contribution in [-0.4, -0.2) is 17.7 Å². The average molecular weight is 262 g/mol. The Bertz CT molecular complexity index is 504. The van der Waals surface area contributed by atoms with Gasteiger partial charge in [0.1, 0.15) is 5.56 Å². The molecule has 1 aromatic rings. The molecule has 19 heavy (non-hydrogen) atoms. The monoisotopic (exact) mass is 262 g/mol. The summed E-state index contributed by atoms with van der Waals surface area (Å²) in [6, 6.07) is 6.83. The lowest BCUT2D eigenvalue weighted by atomic mass is 9.90. The second kappa shape index (κ2) is 6.10. The predicted octanol–water partition coefficient (Wildman–Crippen LogP) is 2.68. The number of para-hydroxylation sites is 1. The van der Waals surface area contributed by atoms with E-state index in [0.29, 0.717) is 25.1 Å². The van der Waals surface area contributed by atoms with Crippen molar-refractivity contribution in [2.75, 3.05) is 12.3 Å². The van der Waals surface area contributed by atoms with Crippen LogP contribution >= 0.6 is 0 Å². The third kappa shape index (κ3) is 4.18. The summed E-state index contributed by atoms with van der Waals surface area (Å²) < 4.78 is 5.45. The molecular weight excluding hydrogens is 244 g/mol. The quantitative estimate of drug-likeness (QED) is 0.607. The molecule has 102 valence electrons. The van der Waals surface area contributed by atoms with Gasteiger partial charge in [-0.05, 0) is 38.8 Å². The Hall–Kier alpha value is -2.22. The second-order valence-electron chi connectivity index (χ2n) is 4.98. The molecular formula is C14H18N2O3. The van der Waals surface area contributed by atoms with Crippen molar-refractivity contribution in [3.8, 4) is 11.8 Å². The van der Waals surface area contributed by atoms with Crippen molar-refractivity contribution in [2.24, 2.45) is 5.41 Å². The van der Waals surface area contributed by atoms with Gasteiger partial charge in [-0.2, -0.15) is 5.26 Å². The highest BCUT2D eigenvalue weighted by atomic mass is 16.5. The number of nitrogens with zero attached hydrogens (tertiary/aromatic N) is 1. The van der Waals surface area contributed by atoms with Gasteiger partial charge in [0, 0.05) is 0 Å². The number of rotatable bonds is 6. The van der Waals surface area contributed by atoms with E-state index in [0.717, 1.165) is 0 Å². The maximum absolute atomic E-state index is 11.0. The minimum Gasteiger partial charge on any atom is -0.491 e. The van der Waals surface area contributed by atoms with E-state index in [1.165, 1.54) is 6.07 Å². The minimum absolute atomic E-state index is 0.0551. The lowest BCUT2D eigenvalue weighted by Crippen LogP contribution is -2.11. The first-order valence-corrected chi connectivity index (χ1v) is 6.03. The number of anilines is 1. The molecule has 0 amide bonds. The third-order valence-corrected chi connectivity index (χ3v) is 2.77. The Morgan fingerprint density at radius 3 is 2.79 bits per heavy atom. The largest absolute Gasteiger partial charge is 0.491 e. The first kappa shape index (κ1) is 14.8. The summed E-state index contributed by atoms with van der Waals surface area (Å²) >= 11 is 0. The Kier molecular flexibility index (Phi) is 4.76. The number of benzene rings is 1. The zero-order chi connectivity index (χ0) is 14.5. The number of carbonyl (C=O) groups is 1. The average Bonchev–Trinajstić information content (AvgIpc) is 2.35. The molecule has 0 aliphatic heterocycles. The van der Waals surface area contributed by atoms with Crippen molar-refractivity contribution >= 4 is 11.7 Å². The molecule has 0 aliphatic rings. The Labute approximate surface area is 112 Å². The molecule has 0 bridgehead atoms. The van der Waals surface area contributed by atoms with Crippen molar-refractivity contribution < 1.29 is 14.6 Å². The van der Waals surface area contributed by atoms with E-state index >= 15 is 0 Å². The van der Waals surface area contributed by atoms with Crippen LogP contribution in [0.15, 0.2) is 18.2 Å². The zero-order valence-electron chi connectivity index (χ0n) is 11.1. The number of carboxylic acids is 1. The van der Waals surface area contributed by atoms with Gasteiger partial charge in [-0.3, -0.25) is 0 Å². The summed E-state index contributed by atoms with van der Waals surface area (Å²) in [5, 5.41) is 17.9. The number of nitriles is 1. The number of nitrogens with two attached hydrogens (primary N) is 1. The number of ether oxygens (including phenoxy) is 1. The SMILES string of the molecule is CC(C)(C#N)CCCOc1c(N)cccc1C(=O)O. The molecule has 1 rings (SSSR count). The van der Waals surface area contributed by atoms with E-state index in [9.17, 15) is 4.79 Å². The van der Waals surface area contributed by atoms with Gasteiger partial charge >= 0.3 is 5.97 Å². The molecule has 5 nitrogen and oxygen atoms in total. The molecule has 0 aromatic heterocycles. The molecule has 0 fully saturated rings. The third-order valence-electron chi connectivity index (χ3n) is 2.77. The molecule has 0 heterocycles. The van der Waals surface area contributed by atoms with E-state index in [2.05, 4.69) is 6.07 Å². The van der Waals surface area contributed by atoms with Gasteiger partial charge < -0.3 is 15.6 Å². The molecule has 0 aliphatic carbocycles. The molecule has 0 unspecified atom stereocenters. The maximum Gasteiger partial charge on any atom is 0.339 e. The smallest absolute Gasteiger partial charge is 0.339 e. The van der Waals surface area contributed by atoms with E-state index in [4.69, 9.17) is 20.8 Å². The van der Waals surface area contributed by atoms with E-state index < -0.39 is 11.4 Å². The van der Waals surface area contributed by atoms with Crippen LogP contribution in [0.3, 0.4) is 0 Å². The van der Waals surface area contributed by atoms with Gasteiger partial charge in [0.2, 0.25) is 0 Å². The number of carboxylic acid groups (broad SMARTS) is 1. The van der Waals surface area contributed by atoms with Crippen LogP contribution in [-0.2, 0) is 0 Å². The van der Waals surface area contributed by atoms with Crippen molar-refractivity contribution in [2.45, 2.75) is 26.7 Å². The maximum atomic E-state index is 11.0. The van der Waals surface area contributed by atoms with Gasteiger partial charge in [0.05, 0.1) is 23.8 Å². The lowest BCUT2D eigenvalue weighted by molar-refractivity contribution is 0.0692. The summed E-state index contributed by atoms with van der Waals surface area (Å²) in [6.07, 6.45) is 1.34. The highest BCUT2D eigenvalue weighted by Gasteiger charge is 2.17. The second-order valence-corrected chi connectivity index (χ2v) is 4.98. The van der Waals surface area contributed by atoms with Crippen molar-refractivity contribution in [3.05, 3.63) is 23.8 Å². The summed E-state index contributed by atoms with van der Waals surface area (Å²) in [7, 11) is 0. The van der Waals surface area contributed by atoms with E-state index in [1.54, 1.807) is 12.1 Å². The van der Waals surface area contributed by atoms with Crippen LogP contribution in [0.1, 0.15) is 37.0 Å². The van der Waals surface area contributed by atoms with Gasteiger partial charge in [-0.1, -0.05) is 6.07 Å². The van der Waals surface area contributed by atoms with Crippen LogP contribution in [0.5, 0.6) is 5.75 Å². The van der Waals surface area contributed by atoms with E-state index in [1.807, 2.05) is 13.8 Å². The lowest BCUT2D eigenvalue weighted by Gasteiger charge is -2.16. The number of hydrogen-bond donors (Lipinski definition) is 2. The van der Waals surface area contributed by atoms with Crippen LogP contribution in [0.4, 0.5) is 5.69 Å². The van der Waals surface area contributed by atoms with Gasteiger partial charge in [0.15, 0.2) is 5.75 Å². The van der Waals surface area contributed by atoms with Crippen molar-refractivity contribution in [1.82, 2.24) is 0 Å². The number of nitrogen functional groups attached to an aromatic ring is 1. The number of aromatic carboxylic acids is 1. The first-order chi connectivity index (χ1) is 8.87. The number of hydrogen-bond acceptors (Lipinski definition) is 4. The first-order valence-electron chi connectivity index (χ1n) is 6.03. The highest BCUT2D eigenvalue weighted by Crippen LogP contribution is 2.27. The van der Waals surface area contributed by atoms with E-state index in [-0.39, 0.29) is 11.3 Å². The molecule has 0 radical (unpaired) electrons. The van der Waals surface area contributed by atoms with Crippen LogP contribution in [0, 0.1) is 16.7 Å². The molecule has 0 saturated carbocycles. The molecule has 0 saturated heterocycles. The van der Waals surface area contributed by atoms with Crippen LogP contribution in [0.2, 0.25) is 0 Å². The van der Waals surface area contributed by atoms with Crippen molar-refractivity contribution in [3.63, 3.8) is 0 Å². The topological polar surface area (TPSA) is 96.3 Å². The zero-order valence-corrected chi connectivity index (χ0v) is 11.1. The summed E-state index contributed by atoms with van der Waals surface area (Å²) in [4.78, 5) is 11.0. The fraction of sp³-hybridized carbons (Fsp3) is 0.429. The normalized spacial score (nSPS) is 10.8. The van der Waals surface area contributed by atoms with Gasteiger partial charge in [-0.25, -0.2) is 4.79 Å². The van der Waals surface area contributed by atoms with Crippen molar-refractivity contribution in [1.29, 1.82) is 5.26 Å². The Morgan fingerprint density at radius 1 is 1.53 bits per heavy atom. The molecule has 0 spiro atoms. The standard InChI is InChI=1S/C14H18N2O3/c1-14(2,9-15)7-4-8-19-12-10(13(17)18)5-3-6-11(12)16/h3,5-6H,4,7-8,16H2,1-2H3,(H,17,18). The summed E-state index contributed by atoms with van der Waals surface area (Å²) in [5.74, 6) is -0.871. The van der Waals surface area contributed by atoms with Crippen LogP contribution < -0.4 is 10.5 Å². The Morgan fingerprint density at radius 2 is 2.21 bits per heavy atom. The minimum atomic E-state index is -1.07. The predicted molar refractivity (Wildman–Crippen MR) is 71.9 cm³/mol.